The Balaban J connectivity index is 1.59. The molecule has 17 heavy (non-hydrogen) atoms. The molecule has 0 heterocycles. The molecule has 3 rings (SSSR count). The molecular formula is C14H18ClNO. The van der Waals surface area contributed by atoms with Gasteiger partial charge in [0.2, 0.25) is 0 Å². The number of nitrogen functional groups attached to an aromatic ring is 1. The Kier molecular flexibility index (Phi) is 2.91. The number of hydrogen-bond acceptors (Lipinski definition) is 2. The summed E-state index contributed by atoms with van der Waals surface area (Å²) < 4.78 is 5.84. The zero-order valence-corrected chi connectivity index (χ0v) is 10.6. The summed E-state index contributed by atoms with van der Waals surface area (Å²) >= 11 is 5.97. The maximum absolute atomic E-state index is 5.97. The van der Waals surface area contributed by atoms with Crippen LogP contribution in [-0.2, 0) is 0 Å². The van der Waals surface area contributed by atoms with Crippen molar-refractivity contribution in [2.45, 2.75) is 25.7 Å². The molecule has 2 N–H and O–H groups in total. The highest BCUT2D eigenvalue weighted by atomic mass is 35.5. The van der Waals surface area contributed by atoms with Gasteiger partial charge >= 0.3 is 0 Å². The van der Waals surface area contributed by atoms with Gasteiger partial charge < -0.3 is 10.5 Å². The Labute approximate surface area is 107 Å². The van der Waals surface area contributed by atoms with Crippen molar-refractivity contribution < 1.29 is 4.74 Å². The molecule has 0 radical (unpaired) electrons. The Morgan fingerprint density at radius 2 is 2.18 bits per heavy atom. The number of hydrogen-bond donors (Lipinski definition) is 1. The summed E-state index contributed by atoms with van der Waals surface area (Å²) in [7, 11) is 0. The number of rotatable bonds is 3. The van der Waals surface area contributed by atoms with Crippen LogP contribution >= 0.6 is 11.6 Å². The van der Waals surface area contributed by atoms with Crippen molar-refractivity contribution in [1.29, 1.82) is 0 Å². The van der Waals surface area contributed by atoms with Crippen molar-refractivity contribution in [3.05, 3.63) is 23.2 Å². The van der Waals surface area contributed by atoms with Gasteiger partial charge in [-0.15, -0.1) is 0 Å². The van der Waals surface area contributed by atoms with Gasteiger partial charge in [0.25, 0.3) is 0 Å². The van der Waals surface area contributed by atoms with E-state index in [1.54, 1.807) is 6.07 Å². The van der Waals surface area contributed by atoms with E-state index >= 15 is 0 Å². The largest absolute Gasteiger partial charge is 0.493 e. The fourth-order valence-corrected chi connectivity index (χ4v) is 3.55. The third-order valence-electron chi connectivity index (χ3n) is 4.32. The summed E-state index contributed by atoms with van der Waals surface area (Å²) in [6, 6.07) is 5.51. The molecule has 2 nitrogen and oxygen atoms in total. The minimum atomic E-state index is 0.579. The fraction of sp³-hybridized carbons (Fsp3) is 0.571. The molecule has 2 aliphatic carbocycles. The highest BCUT2D eigenvalue weighted by Gasteiger charge is 2.39. The van der Waals surface area contributed by atoms with E-state index in [4.69, 9.17) is 22.1 Å². The molecule has 0 amide bonds. The van der Waals surface area contributed by atoms with Gasteiger partial charge in [-0.3, -0.25) is 0 Å². The van der Waals surface area contributed by atoms with E-state index in [0.29, 0.717) is 10.7 Å². The number of anilines is 1. The van der Waals surface area contributed by atoms with Gasteiger partial charge in [0, 0.05) is 6.07 Å². The minimum absolute atomic E-state index is 0.579. The molecular weight excluding hydrogens is 234 g/mol. The van der Waals surface area contributed by atoms with Crippen molar-refractivity contribution in [2.75, 3.05) is 12.3 Å². The third-order valence-corrected chi connectivity index (χ3v) is 4.65. The molecule has 2 fully saturated rings. The van der Waals surface area contributed by atoms with Gasteiger partial charge in [-0.25, -0.2) is 0 Å². The first kappa shape index (κ1) is 11.2. The molecule has 92 valence electrons. The van der Waals surface area contributed by atoms with Crippen LogP contribution in [0.15, 0.2) is 18.2 Å². The lowest BCUT2D eigenvalue weighted by Crippen LogP contribution is -2.18. The summed E-state index contributed by atoms with van der Waals surface area (Å²) in [5, 5.41) is 0.579. The van der Waals surface area contributed by atoms with Crippen LogP contribution < -0.4 is 10.5 Å². The van der Waals surface area contributed by atoms with Crippen LogP contribution in [0.25, 0.3) is 0 Å². The lowest BCUT2D eigenvalue weighted by Gasteiger charge is -2.21. The zero-order valence-electron chi connectivity index (χ0n) is 9.86. The fourth-order valence-electron chi connectivity index (χ4n) is 3.38. The van der Waals surface area contributed by atoms with Crippen LogP contribution in [0.3, 0.4) is 0 Å². The van der Waals surface area contributed by atoms with Crippen LogP contribution in [0.5, 0.6) is 5.75 Å². The van der Waals surface area contributed by atoms with Crippen molar-refractivity contribution in [1.82, 2.24) is 0 Å². The highest BCUT2D eigenvalue weighted by molar-refractivity contribution is 6.33. The Morgan fingerprint density at radius 3 is 2.82 bits per heavy atom. The molecule has 3 heteroatoms. The van der Waals surface area contributed by atoms with Gasteiger partial charge in [-0.2, -0.15) is 0 Å². The second-order valence-corrected chi connectivity index (χ2v) is 5.84. The quantitative estimate of drug-likeness (QED) is 0.831. The van der Waals surface area contributed by atoms with Crippen molar-refractivity contribution in [3.8, 4) is 5.75 Å². The van der Waals surface area contributed by atoms with Crippen molar-refractivity contribution in [2.24, 2.45) is 17.8 Å². The smallest absolute Gasteiger partial charge is 0.120 e. The van der Waals surface area contributed by atoms with Crippen molar-refractivity contribution in [3.63, 3.8) is 0 Å². The van der Waals surface area contributed by atoms with E-state index in [0.717, 1.165) is 30.1 Å². The third kappa shape index (κ3) is 2.23. The zero-order chi connectivity index (χ0) is 11.8. The molecule has 0 saturated heterocycles. The van der Waals surface area contributed by atoms with Gasteiger partial charge in [0.1, 0.15) is 5.75 Å². The molecule has 2 aliphatic rings. The number of fused-ring (bicyclic) bond motifs is 2. The summed E-state index contributed by atoms with van der Waals surface area (Å²) in [5.41, 5.74) is 6.28. The average molecular weight is 252 g/mol. The van der Waals surface area contributed by atoms with E-state index in [-0.39, 0.29) is 0 Å². The maximum atomic E-state index is 5.97. The van der Waals surface area contributed by atoms with E-state index in [1.807, 2.05) is 12.1 Å². The van der Waals surface area contributed by atoms with E-state index < -0.39 is 0 Å². The monoisotopic (exact) mass is 251 g/mol. The van der Waals surface area contributed by atoms with Crippen molar-refractivity contribution >= 4 is 17.3 Å². The first-order valence-corrected chi connectivity index (χ1v) is 6.78. The number of benzene rings is 1. The predicted molar refractivity (Wildman–Crippen MR) is 70.3 cm³/mol. The lowest BCUT2D eigenvalue weighted by molar-refractivity contribution is 0.195. The first-order valence-electron chi connectivity index (χ1n) is 6.40. The second-order valence-electron chi connectivity index (χ2n) is 5.43. The molecule has 3 atom stereocenters. The van der Waals surface area contributed by atoms with Crippen LogP contribution in [0.4, 0.5) is 5.69 Å². The van der Waals surface area contributed by atoms with Gasteiger partial charge in [0.05, 0.1) is 17.3 Å². The summed E-state index contributed by atoms with van der Waals surface area (Å²) in [6.45, 7) is 0.835. The maximum Gasteiger partial charge on any atom is 0.120 e. The number of halogens is 1. The Hall–Kier alpha value is -0.890. The summed E-state index contributed by atoms with van der Waals surface area (Å²) in [4.78, 5) is 0. The normalized spacial score (nSPS) is 30.8. The molecule has 2 saturated carbocycles. The van der Waals surface area contributed by atoms with Gasteiger partial charge in [-0.05, 0) is 49.1 Å². The first-order chi connectivity index (χ1) is 8.22. The second kappa shape index (κ2) is 4.41. The van der Waals surface area contributed by atoms with Crippen LogP contribution in [0.2, 0.25) is 5.02 Å². The summed E-state index contributed by atoms with van der Waals surface area (Å²) in [5.74, 6) is 3.48. The molecule has 2 bridgehead atoms. The van der Waals surface area contributed by atoms with Gasteiger partial charge in [0.15, 0.2) is 0 Å². The molecule has 1 aromatic carbocycles. The van der Waals surface area contributed by atoms with E-state index in [1.165, 1.54) is 25.7 Å². The molecule has 3 unspecified atom stereocenters. The molecule has 0 spiro atoms. The average Bonchev–Trinajstić information content (AvgIpc) is 2.92. The topological polar surface area (TPSA) is 35.2 Å². The molecule has 0 aromatic heterocycles. The Morgan fingerprint density at radius 1 is 1.29 bits per heavy atom. The van der Waals surface area contributed by atoms with Gasteiger partial charge in [-0.1, -0.05) is 18.0 Å². The SMILES string of the molecule is Nc1ccc(OCC2CC3CCC2C3)cc1Cl. The highest BCUT2D eigenvalue weighted by Crippen LogP contribution is 2.48. The molecule has 1 aromatic rings. The Bertz CT molecular complexity index is 421. The molecule has 0 aliphatic heterocycles. The van der Waals surface area contributed by atoms with E-state index in [2.05, 4.69) is 0 Å². The van der Waals surface area contributed by atoms with Crippen LogP contribution in [0, 0.1) is 17.8 Å². The summed E-state index contributed by atoms with van der Waals surface area (Å²) in [6.07, 6.45) is 5.62. The van der Waals surface area contributed by atoms with Crippen LogP contribution in [-0.4, -0.2) is 6.61 Å². The predicted octanol–water partition coefficient (Wildman–Crippen LogP) is 3.74. The standard InChI is InChI=1S/C14H18ClNO/c15-13-7-12(3-4-14(13)16)17-8-11-6-9-1-2-10(11)5-9/h3-4,7,9-11H,1-2,5-6,8,16H2. The van der Waals surface area contributed by atoms with E-state index in [9.17, 15) is 0 Å². The lowest BCUT2D eigenvalue weighted by atomic mass is 9.89. The number of ether oxygens (including phenoxy) is 1. The number of nitrogens with two attached hydrogens (primary N) is 1. The van der Waals surface area contributed by atoms with Crippen LogP contribution in [0.1, 0.15) is 25.7 Å². The minimum Gasteiger partial charge on any atom is -0.493 e.